The monoisotopic (exact) mass is 615 g/mol. The fourth-order valence-corrected chi connectivity index (χ4v) is 5.94. The van der Waals surface area contributed by atoms with E-state index >= 15 is 0 Å². The van der Waals surface area contributed by atoms with Crippen molar-refractivity contribution in [2.45, 2.75) is 62.5 Å². The van der Waals surface area contributed by atoms with Crippen molar-refractivity contribution in [2.24, 2.45) is 0 Å². The first-order chi connectivity index (χ1) is 20.0. The Morgan fingerprint density at radius 2 is 1.57 bits per heavy atom. The number of benzene rings is 3. The zero-order valence-electron chi connectivity index (χ0n) is 24.5. The summed E-state index contributed by atoms with van der Waals surface area (Å²) in [4.78, 5) is 29.3. The van der Waals surface area contributed by atoms with Crippen LogP contribution in [-0.2, 0) is 26.2 Å². The standard InChI is InChI=1S/C31H38FN3O5S2/c1-6-22(3)33-31(37)23(4)34(20-24-8-10-25(32)11-9-24)30(36)21-35(26-12-14-27(15-13-26)40-7-2)42(38,39)29-18-16-28(41-5)17-19-29/h8-19,22-23H,6-7,20-21H2,1-5H3,(H,33,37)/t22-,23+/m0/s1. The Bertz CT molecular complexity index is 1430. The Morgan fingerprint density at radius 3 is 2.12 bits per heavy atom. The van der Waals surface area contributed by atoms with Crippen LogP contribution in [0, 0.1) is 5.82 Å². The predicted octanol–water partition coefficient (Wildman–Crippen LogP) is 5.47. The van der Waals surface area contributed by atoms with Gasteiger partial charge in [0.15, 0.2) is 0 Å². The van der Waals surface area contributed by atoms with Gasteiger partial charge in [-0.05, 0) is 99.7 Å². The van der Waals surface area contributed by atoms with Gasteiger partial charge in [-0.15, -0.1) is 11.8 Å². The number of thioether (sulfide) groups is 1. The quantitative estimate of drug-likeness (QED) is 0.242. The summed E-state index contributed by atoms with van der Waals surface area (Å²) in [6.07, 6.45) is 2.59. The molecule has 0 heterocycles. The fraction of sp³-hybridized carbons (Fsp3) is 0.355. The van der Waals surface area contributed by atoms with Gasteiger partial charge in [0.1, 0.15) is 24.2 Å². The molecule has 2 atom stereocenters. The fourth-order valence-electron chi connectivity index (χ4n) is 4.11. The molecular formula is C31H38FN3O5S2. The number of nitrogens with zero attached hydrogens (tertiary/aromatic N) is 2. The van der Waals surface area contributed by atoms with Crippen molar-refractivity contribution in [2.75, 3.05) is 23.7 Å². The van der Waals surface area contributed by atoms with Crippen LogP contribution in [0.2, 0.25) is 0 Å². The molecule has 0 aliphatic rings. The van der Waals surface area contributed by atoms with Crippen LogP contribution < -0.4 is 14.4 Å². The van der Waals surface area contributed by atoms with Crippen LogP contribution >= 0.6 is 11.8 Å². The van der Waals surface area contributed by atoms with E-state index in [1.165, 1.54) is 53.1 Å². The molecule has 0 unspecified atom stereocenters. The largest absolute Gasteiger partial charge is 0.494 e. The van der Waals surface area contributed by atoms with Gasteiger partial charge in [0.05, 0.1) is 17.2 Å². The lowest BCUT2D eigenvalue weighted by atomic mass is 10.1. The third-order valence-electron chi connectivity index (χ3n) is 6.80. The summed E-state index contributed by atoms with van der Waals surface area (Å²) in [5.74, 6) is -0.839. The first kappa shape index (κ1) is 32.9. The van der Waals surface area contributed by atoms with E-state index in [4.69, 9.17) is 4.74 Å². The van der Waals surface area contributed by atoms with Crippen LogP contribution in [0.25, 0.3) is 0 Å². The van der Waals surface area contributed by atoms with E-state index in [0.29, 0.717) is 24.3 Å². The van der Waals surface area contributed by atoms with Crippen LogP contribution in [-0.4, -0.2) is 56.6 Å². The topological polar surface area (TPSA) is 96.0 Å². The maximum absolute atomic E-state index is 14.0. The van der Waals surface area contributed by atoms with Crippen LogP contribution in [0.5, 0.6) is 5.75 Å². The molecule has 0 saturated carbocycles. The highest BCUT2D eigenvalue weighted by molar-refractivity contribution is 7.98. The van der Waals surface area contributed by atoms with Crippen LogP contribution in [0.15, 0.2) is 82.6 Å². The minimum absolute atomic E-state index is 0.0200. The third kappa shape index (κ3) is 8.48. The maximum Gasteiger partial charge on any atom is 0.264 e. The molecule has 0 saturated heterocycles. The molecule has 2 amide bonds. The molecule has 42 heavy (non-hydrogen) atoms. The van der Waals surface area contributed by atoms with Gasteiger partial charge >= 0.3 is 0 Å². The average Bonchev–Trinajstić information content (AvgIpc) is 2.99. The van der Waals surface area contributed by atoms with Gasteiger partial charge in [-0.25, -0.2) is 12.8 Å². The van der Waals surface area contributed by atoms with Crippen molar-refractivity contribution in [1.29, 1.82) is 0 Å². The van der Waals surface area contributed by atoms with Gasteiger partial charge in [-0.3, -0.25) is 13.9 Å². The summed E-state index contributed by atoms with van der Waals surface area (Å²) in [7, 11) is -4.19. The molecule has 3 aromatic carbocycles. The number of carbonyl (C=O) groups excluding carboxylic acids is 2. The smallest absolute Gasteiger partial charge is 0.264 e. The number of rotatable bonds is 14. The lowest BCUT2D eigenvalue weighted by Gasteiger charge is -2.32. The van der Waals surface area contributed by atoms with Crippen molar-refractivity contribution in [3.8, 4) is 5.75 Å². The SMILES string of the molecule is CCOc1ccc(N(CC(=O)N(Cc2ccc(F)cc2)[C@H](C)C(=O)N[C@@H](C)CC)S(=O)(=O)c2ccc(SC)cc2)cc1. The molecule has 11 heteroatoms. The number of ether oxygens (including phenoxy) is 1. The second kappa shape index (κ2) is 15.1. The molecule has 3 rings (SSSR count). The van der Waals surface area contributed by atoms with Gasteiger partial charge < -0.3 is 15.0 Å². The Morgan fingerprint density at radius 1 is 0.952 bits per heavy atom. The Balaban J connectivity index is 2.03. The molecular weight excluding hydrogens is 577 g/mol. The van der Waals surface area contributed by atoms with Gasteiger partial charge in [-0.1, -0.05) is 19.1 Å². The van der Waals surface area contributed by atoms with Crippen LogP contribution in [0.1, 0.15) is 39.7 Å². The van der Waals surface area contributed by atoms with Crippen LogP contribution in [0.3, 0.4) is 0 Å². The zero-order valence-corrected chi connectivity index (χ0v) is 26.2. The molecule has 0 fully saturated rings. The Hall–Kier alpha value is -3.57. The molecule has 3 aromatic rings. The second-order valence-corrected chi connectivity index (χ2v) is 12.5. The van der Waals surface area contributed by atoms with Gasteiger partial charge in [0.25, 0.3) is 10.0 Å². The summed E-state index contributed by atoms with van der Waals surface area (Å²) in [6, 6.07) is 17.4. The zero-order chi connectivity index (χ0) is 30.9. The summed E-state index contributed by atoms with van der Waals surface area (Å²) < 4.78 is 48.1. The summed E-state index contributed by atoms with van der Waals surface area (Å²) in [6.45, 7) is 7.08. The van der Waals surface area contributed by atoms with Crippen molar-refractivity contribution < 1.29 is 27.1 Å². The highest BCUT2D eigenvalue weighted by atomic mass is 32.2. The molecule has 0 bridgehead atoms. The lowest BCUT2D eigenvalue weighted by Crippen LogP contribution is -2.52. The van der Waals surface area contributed by atoms with E-state index < -0.39 is 34.3 Å². The van der Waals surface area contributed by atoms with Gasteiger partial charge in [-0.2, -0.15) is 0 Å². The number of amides is 2. The number of anilines is 1. The predicted molar refractivity (Wildman–Crippen MR) is 165 cm³/mol. The van der Waals surface area contributed by atoms with E-state index in [1.807, 2.05) is 27.0 Å². The van der Waals surface area contributed by atoms with E-state index in [2.05, 4.69) is 5.32 Å². The molecule has 0 spiro atoms. The molecule has 8 nitrogen and oxygen atoms in total. The summed E-state index contributed by atoms with van der Waals surface area (Å²) in [5.41, 5.74) is 0.857. The Labute approximate surface area is 252 Å². The van der Waals surface area contributed by atoms with Gasteiger partial charge in [0, 0.05) is 17.5 Å². The van der Waals surface area contributed by atoms with Gasteiger partial charge in [0.2, 0.25) is 11.8 Å². The minimum Gasteiger partial charge on any atom is -0.494 e. The van der Waals surface area contributed by atoms with E-state index in [9.17, 15) is 22.4 Å². The average molecular weight is 616 g/mol. The van der Waals surface area contributed by atoms with E-state index in [-0.39, 0.29) is 29.1 Å². The highest BCUT2D eigenvalue weighted by Crippen LogP contribution is 2.28. The molecule has 226 valence electrons. The van der Waals surface area contributed by atoms with Crippen LogP contribution in [0.4, 0.5) is 10.1 Å². The maximum atomic E-state index is 14.0. The third-order valence-corrected chi connectivity index (χ3v) is 9.33. The highest BCUT2D eigenvalue weighted by Gasteiger charge is 2.33. The minimum atomic E-state index is -4.19. The number of halogens is 1. The van der Waals surface area contributed by atoms with E-state index in [1.54, 1.807) is 43.3 Å². The molecule has 1 N–H and O–H groups in total. The number of sulfonamides is 1. The van der Waals surface area contributed by atoms with Crippen molar-refractivity contribution in [1.82, 2.24) is 10.2 Å². The molecule has 0 aliphatic carbocycles. The molecule has 0 aromatic heterocycles. The number of hydrogen-bond acceptors (Lipinski definition) is 6. The van der Waals surface area contributed by atoms with Crippen molar-refractivity contribution >= 4 is 39.3 Å². The molecule has 0 aliphatic heterocycles. The summed E-state index contributed by atoms with van der Waals surface area (Å²) in [5, 5.41) is 2.89. The van der Waals surface area contributed by atoms with E-state index in [0.717, 1.165) is 9.20 Å². The second-order valence-electron chi connectivity index (χ2n) is 9.76. The summed E-state index contributed by atoms with van der Waals surface area (Å²) >= 11 is 1.48. The van der Waals surface area contributed by atoms with Crippen molar-refractivity contribution in [3.05, 3.63) is 84.2 Å². The normalized spacial score (nSPS) is 12.7. The van der Waals surface area contributed by atoms with Crippen molar-refractivity contribution in [3.63, 3.8) is 0 Å². The number of hydrogen-bond donors (Lipinski definition) is 1. The first-order valence-electron chi connectivity index (χ1n) is 13.7. The number of carbonyl (C=O) groups is 2. The first-order valence-corrected chi connectivity index (χ1v) is 16.4. The molecule has 0 radical (unpaired) electrons. The number of nitrogens with one attached hydrogen (secondary N) is 1. The Kier molecular flexibility index (Phi) is 11.8. The lowest BCUT2D eigenvalue weighted by molar-refractivity contribution is -0.139.